The van der Waals surface area contributed by atoms with Gasteiger partial charge in [-0.25, -0.2) is 4.79 Å². The van der Waals surface area contributed by atoms with Crippen LogP contribution in [0.4, 0.5) is 0 Å². The standard InChI is InChI=1S/C24H42O8Si/c1-9-26-18(25)14-13-16-19(31-24(7,8)29-16)21-22(32-33(10-2,11-3)12-4)20-17(28-21)15-27-23(5,6)30-20/h13-14,16-17,19-22H,9-12,15H2,1-8H3/b14-13+/t16-,17+,19-,20-,21-,22-/m0/s1. The molecule has 33 heavy (non-hydrogen) atoms. The van der Waals surface area contributed by atoms with Crippen LogP contribution < -0.4 is 0 Å². The van der Waals surface area contributed by atoms with Crippen molar-refractivity contribution in [2.45, 2.75) is 122 Å². The molecule has 0 N–H and O–H groups in total. The van der Waals surface area contributed by atoms with Gasteiger partial charge in [0.15, 0.2) is 19.9 Å². The average molecular weight is 487 g/mol. The number of hydrogen-bond acceptors (Lipinski definition) is 8. The number of ether oxygens (including phenoxy) is 6. The van der Waals surface area contributed by atoms with E-state index in [1.54, 1.807) is 13.0 Å². The second-order valence-electron chi connectivity index (χ2n) is 9.93. The van der Waals surface area contributed by atoms with E-state index in [9.17, 15) is 4.79 Å². The lowest BCUT2D eigenvalue weighted by Gasteiger charge is -2.41. The summed E-state index contributed by atoms with van der Waals surface area (Å²) in [5.74, 6) is -1.96. The fourth-order valence-corrected chi connectivity index (χ4v) is 7.79. The minimum absolute atomic E-state index is 0.257. The van der Waals surface area contributed by atoms with Crippen LogP contribution in [0.5, 0.6) is 0 Å². The van der Waals surface area contributed by atoms with Crippen LogP contribution in [0, 0.1) is 0 Å². The summed E-state index contributed by atoms with van der Waals surface area (Å²) in [7, 11) is -1.99. The molecule has 0 aromatic rings. The van der Waals surface area contributed by atoms with Crippen LogP contribution in [0.3, 0.4) is 0 Å². The Labute approximate surface area is 199 Å². The van der Waals surface area contributed by atoms with Gasteiger partial charge in [-0.05, 0) is 58.8 Å². The Bertz CT molecular complexity index is 696. The lowest BCUT2D eigenvalue weighted by Crippen LogP contribution is -2.55. The Morgan fingerprint density at radius 1 is 0.939 bits per heavy atom. The molecule has 3 fully saturated rings. The van der Waals surface area contributed by atoms with Gasteiger partial charge in [-0.3, -0.25) is 0 Å². The van der Waals surface area contributed by atoms with E-state index in [0.717, 1.165) is 18.1 Å². The van der Waals surface area contributed by atoms with E-state index in [4.69, 9.17) is 32.8 Å². The first kappa shape index (κ1) is 26.8. The van der Waals surface area contributed by atoms with Crippen molar-refractivity contribution in [3.8, 4) is 0 Å². The summed E-state index contributed by atoms with van der Waals surface area (Å²) >= 11 is 0. The first-order chi connectivity index (χ1) is 15.5. The fourth-order valence-electron chi connectivity index (χ4n) is 4.95. The van der Waals surface area contributed by atoms with Gasteiger partial charge in [-0.15, -0.1) is 0 Å². The van der Waals surface area contributed by atoms with Crippen molar-refractivity contribution in [3.63, 3.8) is 0 Å². The van der Waals surface area contributed by atoms with Gasteiger partial charge in [-0.1, -0.05) is 20.8 Å². The molecule has 0 aromatic heterocycles. The maximum absolute atomic E-state index is 11.9. The molecular formula is C24H42O8Si. The van der Waals surface area contributed by atoms with Crippen LogP contribution in [-0.2, 0) is 37.6 Å². The predicted octanol–water partition coefficient (Wildman–Crippen LogP) is 3.94. The molecule has 6 atom stereocenters. The van der Waals surface area contributed by atoms with Gasteiger partial charge in [0, 0.05) is 6.08 Å². The summed E-state index contributed by atoms with van der Waals surface area (Å²) in [6, 6.07) is 3.04. The highest BCUT2D eigenvalue weighted by atomic mass is 28.4. The Balaban J connectivity index is 1.92. The van der Waals surface area contributed by atoms with Gasteiger partial charge in [0.1, 0.15) is 36.6 Å². The van der Waals surface area contributed by atoms with Crippen molar-refractivity contribution >= 4 is 14.3 Å². The number of esters is 1. The molecule has 8 nitrogen and oxygen atoms in total. The molecule has 9 heteroatoms. The summed E-state index contributed by atoms with van der Waals surface area (Å²) in [5.41, 5.74) is 0. The molecule has 0 aromatic carbocycles. The van der Waals surface area contributed by atoms with Crippen LogP contribution in [0.1, 0.15) is 55.4 Å². The van der Waals surface area contributed by atoms with Gasteiger partial charge in [-0.2, -0.15) is 0 Å². The highest BCUT2D eigenvalue weighted by molar-refractivity contribution is 6.73. The number of fused-ring (bicyclic) bond motifs is 1. The van der Waals surface area contributed by atoms with Crippen molar-refractivity contribution in [1.82, 2.24) is 0 Å². The zero-order valence-electron chi connectivity index (χ0n) is 21.4. The minimum Gasteiger partial charge on any atom is -0.463 e. The highest BCUT2D eigenvalue weighted by Gasteiger charge is 2.59. The molecule has 0 amide bonds. The molecule has 0 radical (unpaired) electrons. The predicted molar refractivity (Wildman–Crippen MR) is 125 cm³/mol. The summed E-state index contributed by atoms with van der Waals surface area (Å²) in [6.07, 6.45) is 0.879. The van der Waals surface area contributed by atoms with Gasteiger partial charge in [0.2, 0.25) is 0 Å². The minimum atomic E-state index is -1.99. The molecule has 3 aliphatic rings. The van der Waals surface area contributed by atoms with Gasteiger partial charge in [0.25, 0.3) is 0 Å². The molecule has 3 saturated heterocycles. The largest absolute Gasteiger partial charge is 0.463 e. The van der Waals surface area contributed by atoms with Crippen LogP contribution in [0.2, 0.25) is 18.1 Å². The number of rotatable bonds is 9. The smallest absolute Gasteiger partial charge is 0.330 e. The number of carbonyl (C=O) groups excluding carboxylic acids is 1. The maximum atomic E-state index is 11.9. The quantitative estimate of drug-likeness (QED) is 0.275. The molecule has 0 unspecified atom stereocenters. The van der Waals surface area contributed by atoms with E-state index in [0.29, 0.717) is 13.2 Å². The van der Waals surface area contributed by atoms with E-state index in [1.807, 2.05) is 27.7 Å². The van der Waals surface area contributed by atoms with Crippen LogP contribution >= 0.6 is 0 Å². The molecule has 0 saturated carbocycles. The topological polar surface area (TPSA) is 81.7 Å². The molecule has 3 rings (SSSR count). The lowest BCUT2D eigenvalue weighted by atomic mass is 9.99. The summed E-state index contributed by atoms with van der Waals surface area (Å²) in [4.78, 5) is 11.9. The summed E-state index contributed by atoms with van der Waals surface area (Å²) in [5, 5.41) is 0. The van der Waals surface area contributed by atoms with Crippen molar-refractivity contribution in [2.24, 2.45) is 0 Å². The Morgan fingerprint density at radius 2 is 1.58 bits per heavy atom. The summed E-state index contributed by atoms with van der Waals surface area (Å²) < 4.78 is 43.2. The van der Waals surface area contributed by atoms with E-state index < -0.39 is 44.2 Å². The van der Waals surface area contributed by atoms with Gasteiger partial charge in [0.05, 0.1) is 13.2 Å². The molecule has 0 bridgehead atoms. The number of carbonyl (C=O) groups is 1. The lowest BCUT2D eigenvalue weighted by molar-refractivity contribution is -0.299. The Kier molecular flexibility index (Phi) is 8.47. The third-order valence-electron chi connectivity index (χ3n) is 6.88. The molecule has 3 heterocycles. The van der Waals surface area contributed by atoms with Crippen LogP contribution in [-0.4, -0.2) is 75.7 Å². The molecule has 0 aliphatic carbocycles. The van der Waals surface area contributed by atoms with E-state index >= 15 is 0 Å². The zero-order chi connectivity index (χ0) is 24.4. The van der Waals surface area contributed by atoms with Crippen molar-refractivity contribution < 1.29 is 37.6 Å². The maximum Gasteiger partial charge on any atom is 0.330 e. The highest BCUT2D eigenvalue weighted by Crippen LogP contribution is 2.43. The van der Waals surface area contributed by atoms with E-state index in [2.05, 4.69) is 20.8 Å². The van der Waals surface area contributed by atoms with Crippen molar-refractivity contribution in [1.29, 1.82) is 0 Å². The molecule has 0 spiro atoms. The molecule has 190 valence electrons. The van der Waals surface area contributed by atoms with Crippen LogP contribution in [0.15, 0.2) is 12.2 Å². The SMILES string of the molecule is CCOC(=O)/C=C/[C@@H]1OC(C)(C)O[C@@H]1[C@@H]1O[C@@H]2COC(C)(C)O[C@@H]2[C@@H]1O[Si](CC)(CC)CC. The van der Waals surface area contributed by atoms with Crippen LogP contribution in [0.25, 0.3) is 0 Å². The monoisotopic (exact) mass is 486 g/mol. The first-order valence-corrected chi connectivity index (χ1v) is 14.9. The van der Waals surface area contributed by atoms with E-state index in [-0.39, 0.29) is 18.3 Å². The molecular weight excluding hydrogens is 444 g/mol. The average Bonchev–Trinajstić information content (AvgIpc) is 3.25. The Hall–Kier alpha value is -0.813. The van der Waals surface area contributed by atoms with E-state index in [1.165, 1.54) is 6.08 Å². The fraction of sp³-hybridized carbons (Fsp3) is 0.875. The second kappa shape index (κ2) is 10.4. The summed E-state index contributed by atoms with van der Waals surface area (Å²) in [6.45, 7) is 16.7. The third kappa shape index (κ3) is 6.06. The first-order valence-electron chi connectivity index (χ1n) is 12.3. The normalized spacial score (nSPS) is 35.6. The molecule has 3 aliphatic heterocycles. The second-order valence-corrected chi connectivity index (χ2v) is 14.7. The number of hydrogen-bond donors (Lipinski definition) is 0. The van der Waals surface area contributed by atoms with Crippen molar-refractivity contribution in [3.05, 3.63) is 12.2 Å². The van der Waals surface area contributed by atoms with Gasteiger partial charge >= 0.3 is 5.97 Å². The third-order valence-corrected chi connectivity index (χ3v) is 11.5. The Morgan fingerprint density at radius 3 is 2.18 bits per heavy atom. The van der Waals surface area contributed by atoms with Crippen molar-refractivity contribution in [2.75, 3.05) is 13.2 Å². The van der Waals surface area contributed by atoms with Gasteiger partial charge < -0.3 is 32.8 Å². The zero-order valence-corrected chi connectivity index (χ0v) is 22.4.